The first kappa shape index (κ1) is 12.4. The Bertz CT molecular complexity index is 475. The number of sulfone groups is 1. The predicted octanol–water partition coefficient (Wildman–Crippen LogP) is 1.68. The number of nitrogens with one attached hydrogen (secondary N) is 1. The lowest BCUT2D eigenvalue weighted by Gasteiger charge is -2.35. The summed E-state index contributed by atoms with van der Waals surface area (Å²) in [6.45, 7) is 0. The minimum Gasteiger partial charge on any atom is -0.382 e. The van der Waals surface area contributed by atoms with Gasteiger partial charge in [-0.1, -0.05) is 0 Å². The van der Waals surface area contributed by atoms with Crippen LogP contribution >= 0.6 is 0 Å². The molecule has 94 valence electrons. The second kappa shape index (κ2) is 4.66. The van der Waals surface area contributed by atoms with E-state index in [1.54, 1.807) is 31.4 Å². The Morgan fingerprint density at radius 2 is 1.82 bits per heavy atom. The molecule has 0 unspecified atom stereocenters. The molecule has 1 N–H and O–H groups in total. The van der Waals surface area contributed by atoms with E-state index in [-0.39, 0.29) is 0 Å². The van der Waals surface area contributed by atoms with Gasteiger partial charge in [0.25, 0.3) is 0 Å². The fourth-order valence-corrected chi connectivity index (χ4v) is 2.54. The van der Waals surface area contributed by atoms with E-state index in [9.17, 15) is 8.42 Å². The first-order valence-corrected chi connectivity index (χ1v) is 7.47. The fraction of sp³-hybridized carbons (Fsp3) is 0.500. The van der Waals surface area contributed by atoms with Crippen LogP contribution in [0.2, 0.25) is 0 Å². The standard InChI is InChI=1S/C12H17NO3S/c1-16-11-7-10(8-11)13-9-3-5-12(6-4-9)17(2,14)15/h3-6,10-11,13H,7-8H2,1-2H3. The van der Waals surface area contributed by atoms with E-state index >= 15 is 0 Å². The third-order valence-corrected chi connectivity index (χ3v) is 4.21. The monoisotopic (exact) mass is 255 g/mol. The fourth-order valence-electron chi connectivity index (χ4n) is 1.91. The molecule has 4 nitrogen and oxygen atoms in total. The molecule has 0 aromatic heterocycles. The Labute approximate surface area is 102 Å². The van der Waals surface area contributed by atoms with Gasteiger partial charge in [0, 0.05) is 25.1 Å². The van der Waals surface area contributed by atoms with Gasteiger partial charge in [0.15, 0.2) is 9.84 Å². The van der Waals surface area contributed by atoms with Crippen LogP contribution in [0.5, 0.6) is 0 Å². The van der Waals surface area contributed by atoms with Gasteiger partial charge in [-0.2, -0.15) is 0 Å². The zero-order valence-electron chi connectivity index (χ0n) is 10.0. The molecule has 5 heteroatoms. The molecule has 1 aromatic carbocycles. The summed E-state index contributed by atoms with van der Waals surface area (Å²) < 4.78 is 27.8. The molecule has 1 saturated carbocycles. The van der Waals surface area contributed by atoms with Gasteiger partial charge >= 0.3 is 0 Å². The van der Waals surface area contributed by atoms with Crippen molar-refractivity contribution in [3.63, 3.8) is 0 Å². The molecule has 0 amide bonds. The van der Waals surface area contributed by atoms with Gasteiger partial charge in [0.2, 0.25) is 0 Å². The highest BCUT2D eigenvalue weighted by Crippen LogP contribution is 2.26. The van der Waals surface area contributed by atoms with Gasteiger partial charge in [-0.3, -0.25) is 0 Å². The molecule has 0 saturated heterocycles. The van der Waals surface area contributed by atoms with Crippen LogP contribution in [0.15, 0.2) is 29.2 Å². The molecule has 1 fully saturated rings. The SMILES string of the molecule is COC1CC(Nc2ccc(S(C)(=O)=O)cc2)C1. The number of methoxy groups -OCH3 is 1. The van der Waals surface area contributed by atoms with E-state index in [0.717, 1.165) is 18.5 Å². The maximum atomic E-state index is 11.3. The smallest absolute Gasteiger partial charge is 0.175 e. The first-order chi connectivity index (χ1) is 7.99. The van der Waals surface area contributed by atoms with Gasteiger partial charge < -0.3 is 10.1 Å². The zero-order chi connectivity index (χ0) is 12.5. The van der Waals surface area contributed by atoms with Crippen molar-refractivity contribution in [1.29, 1.82) is 0 Å². The van der Waals surface area contributed by atoms with E-state index in [4.69, 9.17) is 4.74 Å². The maximum Gasteiger partial charge on any atom is 0.175 e. The Morgan fingerprint density at radius 1 is 1.24 bits per heavy atom. The quantitative estimate of drug-likeness (QED) is 0.889. The van der Waals surface area contributed by atoms with Crippen LogP contribution in [0.25, 0.3) is 0 Å². The second-order valence-corrected chi connectivity index (χ2v) is 6.48. The van der Waals surface area contributed by atoms with Crippen LogP contribution in [0.1, 0.15) is 12.8 Å². The van der Waals surface area contributed by atoms with Crippen LogP contribution in [0, 0.1) is 0 Å². The van der Waals surface area contributed by atoms with Crippen LogP contribution in [0.4, 0.5) is 5.69 Å². The van der Waals surface area contributed by atoms with Crippen LogP contribution < -0.4 is 5.32 Å². The summed E-state index contributed by atoms with van der Waals surface area (Å²) in [7, 11) is -1.38. The van der Waals surface area contributed by atoms with E-state index in [1.165, 1.54) is 6.26 Å². The first-order valence-electron chi connectivity index (χ1n) is 5.58. The van der Waals surface area contributed by atoms with Crippen LogP contribution in [-0.2, 0) is 14.6 Å². The van der Waals surface area contributed by atoms with Gasteiger partial charge in [0.1, 0.15) is 0 Å². The Morgan fingerprint density at radius 3 is 2.29 bits per heavy atom. The van der Waals surface area contributed by atoms with Crippen molar-refractivity contribution in [2.24, 2.45) is 0 Å². The lowest BCUT2D eigenvalue weighted by atomic mass is 9.89. The molecule has 1 aliphatic rings. The number of benzene rings is 1. The summed E-state index contributed by atoms with van der Waals surface area (Å²) in [5, 5.41) is 3.35. The van der Waals surface area contributed by atoms with Crippen molar-refractivity contribution in [3.8, 4) is 0 Å². The number of ether oxygens (including phenoxy) is 1. The molecule has 2 rings (SSSR count). The van der Waals surface area contributed by atoms with E-state index in [1.807, 2.05) is 0 Å². The van der Waals surface area contributed by atoms with Gasteiger partial charge in [-0.25, -0.2) is 8.42 Å². The summed E-state index contributed by atoms with van der Waals surface area (Å²) in [5.74, 6) is 0. The Hall–Kier alpha value is -1.07. The highest BCUT2D eigenvalue weighted by atomic mass is 32.2. The summed E-state index contributed by atoms with van der Waals surface area (Å²) in [5.41, 5.74) is 0.956. The van der Waals surface area contributed by atoms with Crippen molar-refractivity contribution in [3.05, 3.63) is 24.3 Å². The van der Waals surface area contributed by atoms with Gasteiger partial charge in [0.05, 0.1) is 11.0 Å². The highest BCUT2D eigenvalue weighted by Gasteiger charge is 2.28. The third-order valence-electron chi connectivity index (χ3n) is 3.08. The molecular formula is C12H17NO3S. The molecule has 0 heterocycles. The topological polar surface area (TPSA) is 55.4 Å². The molecule has 0 atom stereocenters. The zero-order valence-corrected chi connectivity index (χ0v) is 10.8. The van der Waals surface area contributed by atoms with E-state index in [0.29, 0.717) is 17.0 Å². The highest BCUT2D eigenvalue weighted by molar-refractivity contribution is 7.90. The normalized spacial score (nSPS) is 24.1. The van der Waals surface area contributed by atoms with E-state index < -0.39 is 9.84 Å². The average Bonchev–Trinajstić information content (AvgIpc) is 2.22. The minimum absolute atomic E-state index is 0.353. The minimum atomic E-state index is -3.10. The molecule has 0 spiro atoms. The average molecular weight is 255 g/mol. The summed E-state index contributed by atoms with van der Waals surface area (Å²) in [6.07, 6.45) is 3.59. The number of rotatable bonds is 4. The van der Waals surface area contributed by atoms with Crippen molar-refractivity contribution >= 4 is 15.5 Å². The number of anilines is 1. The second-order valence-electron chi connectivity index (χ2n) is 4.47. The van der Waals surface area contributed by atoms with Crippen molar-refractivity contribution in [2.75, 3.05) is 18.7 Å². The summed E-state index contributed by atoms with van der Waals surface area (Å²) in [4.78, 5) is 0.353. The molecule has 0 bridgehead atoms. The van der Waals surface area contributed by atoms with Crippen LogP contribution in [-0.4, -0.2) is 33.9 Å². The number of hydrogen-bond donors (Lipinski definition) is 1. The molecule has 1 aliphatic carbocycles. The molecule has 0 radical (unpaired) electrons. The molecule has 17 heavy (non-hydrogen) atoms. The summed E-state index contributed by atoms with van der Waals surface area (Å²) in [6, 6.07) is 7.30. The summed E-state index contributed by atoms with van der Waals surface area (Å²) >= 11 is 0. The maximum absolute atomic E-state index is 11.3. The lowest BCUT2D eigenvalue weighted by molar-refractivity contribution is 0.0329. The van der Waals surface area contributed by atoms with Crippen LogP contribution in [0.3, 0.4) is 0 Å². The molecule has 1 aromatic rings. The Kier molecular flexibility index (Phi) is 3.40. The van der Waals surface area contributed by atoms with Gasteiger partial charge in [-0.15, -0.1) is 0 Å². The van der Waals surface area contributed by atoms with E-state index in [2.05, 4.69) is 5.32 Å². The lowest BCUT2D eigenvalue weighted by Crippen LogP contribution is -2.40. The van der Waals surface area contributed by atoms with Crippen molar-refractivity contribution in [1.82, 2.24) is 0 Å². The molecular weight excluding hydrogens is 238 g/mol. The van der Waals surface area contributed by atoms with Crippen molar-refractivity contribution in [2.45, 2.75) is 29.9 Å². The Balaban J connectivity index is 1.96. The van der Waals surface area contributed by atoms with Gasteiger partial charge in [-0.05, 0) is 37.1 Å². The number of hydrogen-bond acceptors (Lipinski definition) is 4. The van der Waals surface area contributed by atoms with Crippen molar-refractivity contribution < 1.29 is 13.2 Å². The predicted molar refractivity (Wildman–Crippen MR) is 67.0 cm³/mol. The third kappa shape index (κ3) is 2.98. The molecule has 0 aliphatic heterocycles. The largest absolute Gasteiger partial charge is 0.382 e.